The van der Waals surface area contributed by atoms with Crippen molar-refractivity contribution < 1.29 is 18.7 Å². The Hall–Kier alpha value is -3.19. The van der Waals surface area contributed by atoms with E-state index in [0.29, 0.717) is 43.8 Å². The summed E-state index contributed by atoms with van der Waals surface area (Å²) in [6, 6.07) is 16.2. The number of likely N-dealkylation sites (tertiary alicyclic amines) is 1. The van der Waals surface area contributed by atoms with Gasteiger partial charge in [0, 0.05) is 30.5 Å². The molecule has 6 nitrogen and oxygen atoms in total. The predicted octanol–water partition coefficient (Wildman–Crippen LogP) is 3.73. The maximum Gasteiger partial charge on any atom is 0.270 e. The highest BCUT2D eigenvalue weighted by atomic mass is 19.1. The van der Waals surface area contributed by atoms with E-state index in [4.69, 9.17) is 4.74 Å². The van der Waals surface area contributed by atoms with E-state index in [0.717, 1.165) is 23.8 Å². The maximum atomic E-state index is 13.5. The second-order valence-electron chi connectivity index (χ2n) is 8.77. The molecule has 1 spiro atoms. The van der Waals surface area contributed by atoms with E-state index < -0.39 is 5.60 Å². The fourth-order valence-electron chi connectivity index (χ4n) is 4.79. The SMILES string of the molecule is O=C1COC2(CCCN(C(=O)c3cc4ccc(F)cc4[nH]3)CC2)CN1Cc1ccccc1. The van der Waals surface area contributed by atoms with E-state index in [1.165, 1.54) is 12.1 Å². The van der Waals surface area contributed by atoms with Crippen molar-refractivity contribution in [3.8, 4) is 0 Å². The smallest absolute Gasteiger partial charge is 0.270 e. The van der Waals surface area contributed by atoms with E-state index in [9.17, 15) is 14.0 Å². The van der Waals surface area contributed by atoms with E-state index in [1.807, 2.05) is 40.1 Å². The molecule has 1 aromatic heterocycles. The van der Waals surface area contributed by atoms with Crippen LogP contribution in [0, 0.1) is 5.82 Å². The van der Waals surface area contributed by atoms with Crippen LogP contribution in [0.15, 0.2) is 54.6 Å². The Bertz CT molecular complexity index is 1150. The van der Waals surface area contributed by atoms with Crippen LogP contribution in [0.25, 0.3) is 10.9 Å². The first-order chi connectivity index (χ1) is 15.5. The van der Waals surface area contributed by atoms with Gasteiger partial charge in [0.25, 0.3) is 5.91 Å². The molecule has 2 aliphatic rings. The zero-order chi connectivity index (χ0) is 22.1. The lowest BCUT2D eigenvalue weighted by Crippen LogP contribution is -2.54. The number of fused-ring (bicyclic) bond motifs is 1. The number of nitrogens with zero attached hydrogens (tertiary/aromatic N) is 2. The number of aromatic amines is 1. The zero-order valence-electron chi connectivity index (χ0n) is 17.9. The van der Waals surface area contributed by atoms with Gasteiger partial charge in [0.2, 0.25) is 5.91 Å². The molecule has 0 aliphatic carbocycles. The second kappa shape index (κ2) is 8.39. The molecule has 2 aromatic carbocycles. The molecule has 2 aliphatic heterocycles. The third-order valence-electron chi connectivity index (χ3n) is 6.55. The number of amides is 2. The Labute approximate surface area is 186 Å². The highest BCUT2D eigenvalue weighted by molar-refractivity contribution is 5.98. The molecule has 7 heteroatoms. The number of hydrogen-bond acceptors (Lipinski definition) is 3. The number of rotatable bonds is 3. The van der Waals surface area contributed by atoms with Gasteiger partial charge >= 0.3 is 0 Å². The van der Waals surface area contributed by atoms with Crippen molar-refractivity contribution in [3.05, 3.63) is 71.7 Å². The summed E-state index contributed by atoms with van der Waals surface area (Å²) in [4.78, 5) is 32.4. The number of benzene rings is 2. The van der Waals surface area contributed by atoms with Crippen molar-refractivity contribution in [1.29, 1.82) is 0 Å². The molecule has 32 heavy (non-hydrogen) atoms. The topological polar surface area (TPSA) is 65.6 Å². The molecule has 1 N–H and O–H groups in total. The molecule has 0 radical (unpaired) electrons. The zero-order valence-corrected chi connectivity index (χ0v) is 17.9. The van der Waals surface area contributed by atoms with Crippen LogP contribution < -0.4 is 0 Å². The lowest BCUT2D eigenvalue weighted by Gasteiger charge is -2.42. The third kappa shape index (κ3) is 4.12. The molecule has 1 unspecified atom stereocenters. The summed E-state index contributed by atoms with van der Waals surface area (Å²) in [5.41, 5.74) is 1.75. The molecule has 2 amide bonds. The summed E-state index contributed by atoms with van der Waals surface area (Å²) in [6.45, 7) is 2.36. The van der Waals surface area contributed by atoms with Crippen molar-refractivity contribution >= 4 is 22.7 Å². The first-order valence-corrected chi connectivity index (χ1v) is 11.0. The number of hydrogen-bond donors (Lipinski definition) is 1. The van der Waals surface area contributed by atoms with Crippen LogP contribution in [0.3, 0.4) is 0 Å². The lowest BCUT2D eigenvalue weighted by atomic mass is 9.92. The fourth-order valence-corrected chi connectivity index (χ4v) is 4.79. The van der Waals surface area contributed by atoms with Crippen LogP contribution in [0.4, 0.5) is 4.39 Å². The van der Waals surface area contributed by atoms with Crippen molar-refractivity contribution in [2.45, 2.75) is 31.4 Å². The summed E-state index contributed by atoms with van der Waals surface area (Å²) in [7, 11) is 0. The average Bonchev–Trinajstić information content (AvgIpc) is 3.11. The minimum absolute atomic E-state index is 0.00182. The van der Waals surface area contributed by atoms with Crippen molar-refractivity contribution in [2.24, 2.45) is 0 Å². The van der Waals surface area contributed by atoms with Gasteiger partial charge in [-0.25, -0.2) is 4.39 Å². The van der Waals surface area contributed by atoms with Gasteiger partial charge in [0.05, 0.1) is 12.1 Å². The van der Waals surface area contributed by atoms with E-state index >= 15 is 0 Å². The van der Waals surface area contributed by atoms with Gasteiger partial charge in [-0.1, -0.05) is 30.3 Å². The average molecular weight is 435 g/mol. The normalized spacial score (nSPS) is 21.8. The monoisotopic (exact) mass is 435 g/mol. The molecule has 0 saturated carbocycles. The van der Waals surface area contributed by atoms with Gasteiger partial charge in [-0.3, -0.25) is 9.59 Å². The first-order valence-electron chi connectivity index (χ1n) is 11.0. The number of nitrogens with one attached hydrogen (secondary N) is 1. The number of morpholine rings is 1. The van der Waals surface area contributed by atoms with Crippen LogP contribution in [0.5, 0.6) is 0 Å². The Morgan fingerprint density at radius 1 is 1.09 bits per heavy atom. The fraction of sp³-hybridized carbons (Fsp3) is 0.360. The Balaban J connectivity index is 1.28. The molecule has 2 saturated heterocycles. The highest BCUT2D eigenvalue weighted by Crippen LogP contribution is 2.32. The highest BCUT2D eigenvalue weighted by Gasteiger charge is 2.41. The Morgan fingerprint density at radius 3 is 2.78 bits per heavy atom. The van der Waals surface area contributed by atoms with Gasteiger partial charge in [0.1, 0.15) is 18.1 Å². The minimum atomic E-state index is -0.429. The summed E-state index contributed by atoms with van der Waals surface area (Å²) >= 11 is 0. The van der Waals surface area contributed by atoms with Crippen LogP contribution in [-0.4, -0.2) is 58.4 Å². The van der Waals surface area contributed by atoms with E-state index in [-0.39, 0.29) is 24.2 Å². The summed E-state index contributed by atoms with van der Waals surface area (Å²) in [5, 5.41) is 0.812. The number of halogens is 1. The van der Waals surface area contributed by atoms with Crippen LogP contribution in [0.2, 0.25) is 0 Å². The molecule has 0 bridgehead atoms. The molecular formula is C25H26FN3O3. The lowest BCUT2D eigenvalue weighted by molar-refractivity contribution is -0.166. The number of carbonyl (C=O) groups excluding carboxylic acids is 2. The standard InChI is InChI=1S/C25H26FN3O3/c26-20-8-7-19-13-22(27-21(19)14-20)24(31)28-11-4-9-25(10-12-28)17-29(23(30)16-32-25)15-18-5-2-1-3-6-18/h1-3,5-8,13-14,27H,4,9-12,15-17H2. The molecule has 3 heterocycles. The minimum Gasteiger partial charge on any atom is -0.363 e. The number of aromatic nitrogens is 1. The van der Waals surface area contributed by atoms with Gasteiger partial charge in [-0.15, -0.1) is 0 Å². The van der Waals surface area contributed by atoms with Crippen molar-refractivity contribution in [1.82, 2.24) is 14.8 Å². The van der Waals surface area contributed by atoms with Gasteiger partial charge in [0.15, 0.2) is 0 Å². The van der Waals surface area contributed by atoms with Crippen LogP contribution in [0.1, 0.15) is 35.3 Å². The van der Waals surface area contributed by atoms with Crippen LogP contribution in [-0.2, 0) is 16.1 Å². The summed E-state index contributed by atoms with van der Waals surface area (Å²) in [6.07, 6.45) is 2.27. The first kappa shape index (κ1) is 20.7. The number of carbonyl (C=O) groups is 2. The molecule has 5 rings (SSSR count). The Morgan fingerprint density at radius 2 is 1.94 bits per heavy atom. The molecular weight excluding hydrogens is 409 g/mol. The van der Waals surface area contributed by atoms with Gasteiger partial charge in [-0.2, -0.15) is 0 Å². The summed E-state index contributed by atoms with van der Waals surface area (Å²) < 4.78 is 19.6. The predicted molar refractivity (Wildman–Crippen MR) is 119 cm³/mol. The Kier molecular flexibility index (Phi) is 5.43. The van der Waals surface area contributed by atoms with Crippen molar-refractivity contribution in [3.63, 3.8) is 0 Å². The largest absolute Gasteiger partial charge is 0.363 e. The molecule has 166 valence electrons. The van der Waals surface area contributed by atoms with E-state index in [2.05, 4.69) is 4.98 Å². The number of ether oxygens (including phenoxy) is 1. The second-order valence-corrected chi connectivity index (χ2v) is 8.77. The molecule has 1 atom stereocenters. The molecule has 3 aromatic rings. The van der Waals surface area contributed by atoms with Crippen molar-refractivity contribution in [2.75, 3.05) is 26.2 Å². The van der Waals surface area contributed by atoms with Gasteiger partial charge < -0.3 is 19.5 Å². The van der Waals surface area contributed by atoms with Crippen LogP contribution >= 0.6 is 0 Å². The van der Waals surface area contributed by atoms with E-state index in [1.54, 1.807) is 12.1 Å². The number of H-pyrrole nitrogens is 1. The third-order valence-corrected chi connectivity index (χ3v) is 6.55. The van der Waals surface area contributed by atoms with Gasteiger partial charge in [-0.05, 0) is 49.1 Å². The molecule has 2 fully saturated rings. The quantitative estimate of drug-likeness (QED) is 0.682. The summed E-state index contributed by atoms with van der Waals surface area (Å²) in [5.74, 6) is -0.423. The maximum absolute atomic E-state index is 13.5.